The number of furan rings is 1. The minimum atomic E-state index is -0.513. The summed E-state index contributed by atoms with van der Waals surface area (Å²) in [6, 6.07) is 31.2. The zero-order chi connectivity index (χ0) is 36.3. The van der Waals surface area contributed by atoms with Crippen molar-refractivity contribution in [2.75, 3.05) is 0 Å². The molecular formula is C40H29B2N3O6S. The number of hydrogen-bond acceptors (Lipinski definition) is 8. The third-order valence-electron chi connectivity index (χ3n) is 9.37. The van der Waals surface area contributed by atoms with Crippen LogP contribution in [0.5, 0.6) is 28.7 Å². The van der Waals surface area contributed by atoms with Crippen LogP contribution in [0.4, 0.5) is 0 Å². The minimum absolute atomic E-state index is 0.0405. The number of aliphatic imine (C=N–C) groups is 3. The van der Waals surface area contributed by atoms with Crippen LogP contribution in [0.25, 0.3) is 53.2 Å². The number of rotatable bonds is 5. The Morgan fingerprint density at radius 3 is 2.12 bits per heavy atom. The summed E-state index contributed by atoms with van der Waals surface area (Å²) in [5, 5.41) is 58.0. The monoisotopic (exact) mass is 701 g/mol. The molecule has 8 rings (SSSR count). The van der Waals surface area contributed by atoms with Gasteiger partial charge in [0.2, 0.25) is 0 Å². The number of amidine groups is 2. The number of hydrogen-bond donors (Lipinski definition) is 5. The van der Waals surface area contributed by atoms with E-state index in [4.69, 9.17) is 14.4 Å². The van der Waals surface area contributed by atoms with Gasteiger partial charge in [-0.15, -0.1) is 11.3 Å². The van der Waals surface area contributed by atoms with Crippen molar-refractivity contribution in [2.24, 2.45) is 15.0 Å². The molecule has 0 aliphatic rings. The quantitative estimate of drug-likeness (QED) is 0.0507. The molecule has 252 valence electrons. The lowest BCUT2D eigenvalue weighted by Gasteiger charge is -2.13. The average Bonchev–Trinajstić information content (AvgIpc) is 3.76. The van der Waals surface area contributed by atoms with Crippen molar-refractivity contribution in [1.82, 2.24) is 0 Å². The highest BCUT2D eigenvalue weighted by molar-refractivity contribution is 7.27. The highest BCUT2D eigenvalue weighted by atomic mass is 32.1. The van der Waals surface area contributed by atoms with Gasteiger partial charge in [-0.1, -0.05) is 72.8 Å². The van der Waals surface area contributed by atoms with E-state index in [2.05, 4.69) is 11.7 Å². The zero-order valence-corrected chi connectivity index (χ0v) is 28.9. The van der Waals surface area contributed by atoms with Gasteiger partial charge in [-0.2, -0.15) is 0 Å². The summed E-state index contributed by atoms with van der Waals surface area (Å²) in [5.74, 6) is -1.64. The van der Waals surface area contributed by atoms with Crippen LogP contribution in [0.1, 0.15) is 16.7 Å². The predicted octanol–water partition coefficient (Wildman–Crippen LogP) is 5.76. The fourth-order valence-corrected chi connectivity index (χ4v) is 7.92. The highest BCUT2D eigenvalue weighted by Crippen LogP contribution is 2.51. The number of aromatic hydroxyl groups is 5. The standard InChI is InChI=1S/C40H29B2N3O6S/c1-43-39(22-14-15-24-23-12-5-6-13-25(23)51-26(24)17-22)45-40(44-18-19-8-7-11-21(16-19)20-9-3-2-4-10-20)29-33(47)30(41)32(46)27-28-34(48)35(49)31(42)36(50)38(28)52-37(27)29/h2-17,46-50H,1,18,41-42H2/b44-40-,45-39-. The molecule has 0 saturated heterocycles. The first kappa shape index (κ1) is 32.7. The van der Waals surface area contributed by atoms with Gasteiger partial charge in [0.25, 0.3) is 0 Å². The Bertz CT molecular complexity index is 2830. The van der Waals surface area contributed by atoms with Crippen LogP contribution in [0.2, 0.25) is 0 Å². The van der Waals surface area contributed by atoms with Gasteiger partial charge in [-0.3, -0.25) is 4.99 Å². The fraction of sp³-hybridized carbons (Fsp3) is 0.0250. The summed E-state index contributed by atoms with van der Waals surface area (Å²) in [6.45, 7) is 3.95. The van der Waals surface area contributed by atoms with Crippen LogP contribution in [0.3, 0.4) is 0 Å². The molecule has 0 atom stereocenters. The third kappa shape index (κ3) is 5.23. The van der Waals surface area contributed by atoms with Crippen LogP contribution in [0.15, 0.2) is 116 Å². The second-order valence-corrected chi connectivity index (χ2v) is 13.5. The second-order valence-electron chi connectivity index (χ2n) is 12.5. The number of phenols is 5. The van der Waals surface area contributed by atoms with Gasteiger partial charge in [-0.25, -0.2) is 9.98 Å². The molecule has 2 aromatic heterocycles. The van der Waals surface area contributed by atoms with Crippen molar-refractivity contribution >= 4 is 98.5 Å². The van der Waals surface area contributed by atoms with Gasteiger partial charge in [0.05, 0.1) is 26.9 Å². The van der Waals surface area contributed by atoms with Gasteiger partial charge in [0.15, 0.2) is 23.2 Å². The first-order chi connectivity index (χ1) is 25.2. The van der Waals surface area contributed by atoms with Gasteiger partial charge in [0, 0.05) is 21.7 Å². The van der Waals surface area contributed by atoms with E-state index in [9.17, 15) is 25.5 Å². The second kappa shape index (κ2) is 12.7. The molecule has 0 fully saturated rings. The molecule has 0 amide bonds. The van der Waals surface area contributed by atoms with Crippen molar-refractivity contribution in [3.63, 3.8) is 0 Å². The Hall–Kier alpha value is -6.52. The molecule has 0 spiro atoms. The highest BCUT2D eigenvalue weighted by Gasteiger charge is 2.28. The van der Waals surface area contributed by atoms with Crippen molar-refractivity contribution in [3.8, 4) is 39.9 Å². The molecule has 0 unspecified atom stereocenters. The number of nitrogens with zero attached hydrogens (tertiary/aromatic N) is 3. The van der Waals surface area contributed by atoms with Crippen molar-refractivity contribution in [3.05, 3.63) is 114 Å². The Labute approximate surface area is 302 Å². The largest absolute Gasteiger partial charge is 0.508 e. The smallest absolute Gasteiger partial charge is 0.166 e. The molecule has 52 heavy (non-hydrogen) atoms. The van der Waals surface area contributed by atoms with Crippen LogP contribution < -0.4 is 10.9 Å². The minimum Gasteiger partial charge on any atom is -0.508 e. The maximum absolute atomic E-state index is 11.7. The first-order valence-electron chi connectivity index (χ1n) is 16.4. The maximum atomic E-state index is 11.7. The van der Waals surface area contributed by atoms with Gasteiger partial charge < -0.3 is 29.9 Å². The lowest BCUT2D eigenvalue weighted by Crippen LogP contribution is -2.12. The molecule has 0 saturated carbocycles. The third-order valence-corrected chi connectivity index (χ3v) is 10.6. The van der Waals surface area contributed by atoms with Gasteiger partial charge in [-0.05, 0) is 58.6 Å². The molecule has 9 nitrogen and oxygen atoms in total. The molecule has 8 aromatic rings. The Morgan fingerprint density at radius 1 is 0.635 bits per heavy atom. The summed E-state index contributed by atoms with van der Waals surface area (Å²) in [5.41, 5.74) is 5.17. The van der Waals surface area contributed by atoms with E-state index in [-0.39, 0.29) is 72.1 Å². The average molecular weight is 701 g/mol. The molecule has 2 heterocycles. The van der Waals surface area contributed by atoms with E-state index in [1.807, 2.05) is 97.1 Å². The van der Waals surface area contributed by atoms with E-state index in [1.54, 1.807) is 0 Å². The van der Waals surface area contributed by atoms with Crippen molar-refractivity contribution in [2.45, 2.75) is 6.54 Å². The summed E-state index contributed by atoms with van der Waals surface area (Å²) >= 11 is 1.02. The number of thiophene rings is 1. The number of fused-ring (bicyclic) bond motifs is 6. The maximum Gasteiger partial charge on any atom is 0.166 e. The van der Waals surface area contributed by atoms with Crippen LogP contribution in [-0.4, -0.2) is 59.6 Å². The first-order valence-corrected chi connectivity index (χ1v) is 17.2. The number of benzene rings is 6. The van der Waals surface area contributed by atoms with E-state index in [0.717, 1.165) is 44.4 Å². The van der Waals surface area contributed by atoms with Crippen molar-refractivity contribution < 1.29 is 29.9 Å². The van der Waals surface area contributed by atoms with E-state index in [1.165, 1.54) is 15.7 Å². The molecule has 0 radical (unpaired) electrons. The van der Waals surface area contributed by atoms with Crippen LogP contribution in [0, 0.1) is 0 Å². The normalized spacial score (nSPS) is 12.4. The van der Waals surface area contributed by atoms with Crippen molar-refractivity contribution in [1.29, 1.82) is 0 Å². The molecule has 0 aliphatic carbocycles. The molecule has 12 heteroatoms. The Balaban J connectivity index is 1.37. The van der Waals surface area contributed by atoms with E-state index < -0.39 is 11.5 Å². The Kier molecular flexibility index (Phi) is 7.96. The van der Waals surface area contributed by atoms with E-state index >= 15 is 0 Å². The molecule has 0 aliphatic heterocycles. The molecular weight excluding hydrogens is 672 g/mol. The summed E-state index contributed by atoms with van der Waals surface area (Å²) in [6.07, 6.45) is 0. The van der Waals surface area contributed by atoms with Gasteiger partial charge in [0.1, 0.15) is 44.1 Å². The lowest BCUT2D eigenvalue weighted by molar-refractivity contribution is 0.407. The zero-order valence-electron chi connectivity index (χ0n) is 28.0. The van der Waals surface area contributed by atoms with Crippen LogP contribution >= 0.6 is 11.3 Å². The topological polar surface area (TPSA) is 151 Å². The molecule has 0 bridgehead atoms. The summed E-state index contributed by atoms with van der Waals surface area (Å²) < 4.78 is 6.62. The van der Waals surface area contributed by atoms with Gasteiger partial charge >= 0.3 is 0 Å². The Morgan fingerprint density at radius 2 is 1.33 bits per heavy atom. The number of phenolic OH excluding ortho intramolecular Hbond substituents is 5. The van der Waals surface area contributed by atoms with E-state index in [0.29, 0.717) is 11.1 Å². The summed E-state index contributed by atoms with van der Waals surface area (Å²) in [7, 11) is 2.99. The predicted molar refractivity (Wildman–Crippen MR) is 216 cm³/mol. The number of para-hydroxylation sites is 1. The SMILES string of the molecule is Bc1c(O)c(O)c2c(sc3c(C(/N=C(\N=C)c4ccc5c(c4)oc4ccccc45)=N/Cc4cccc(-c5ccccc5)c4)c(O)c(B)c(O)c32)c1O. The fourth-order valence-electron chi connectivity index (χ4n) is 6.58. The molecule has 6 aromatic carbocycles. The van der Waals surface area contributed by atoms with Crippen LogP contribution in [-0.2, 0) is 6.54 Å². The summed E-state index contributed by atoms with van der Waals surface area (Å²) in [4.78, 5) is 14.1. The molecule has 5 N–H and O–H groups in total. The lowest BCUT2D eigenvalue weighted by atomic mass is 9.87.